The maximum atomic E-state index is 6.40. The summed E-state index contributed by atoms with van der Waals surface area (Å²) in [4.78, 5) is 4.37. The zero-order valence-corrected chi connectivity index (χ0v) is 13.5. The number of hydrogen-bond donors (Lipinski definition) is 1. The molecule has 0 fully saturated rings. The van der Waals surface area contributed by atoms with E-state index >= 15 is 0 Å². The molecule has 1 aliphatic heterocycles. The van der Waals surface area contributed by atoms with Crippen LogP contribution in [-0.2, 0) is 0 Å². The van der Waals surface area contributed by atoms with Crippen LogP contribution in [0.3, 0.4) is 0 Å². The van der Waals surface area contributed by atoms with Crippen molar-refractivity contribution in [2.24, 2.45) is 0 Å². The minimum atomic E-state index is 0.116. The van der Waals surface area contributed by atoms with E-state index in [1.165, 1.54) is 11.1 Å². The van der Waals surface area contributed by atoms with Crippen molar-refractivity contribution in [2.75, 3.05) is 5.32 Å². The van der Waals surface area contributed by atoms with Gasteiger partial charge in [0.05, 0.1) is 12.1 Å². The fraction of sp³-hybridized carbons (Fsp3) is 0.222. The van der Waals surface area contributed by atoms with Gasteiger partial charge in [0.25, 0.3) is 0 Å². The zero-order valence-electron chi connectivity index (χ0n) is 12.8. The monoisotopic (exact) mass is 324 g/mol. The molecule has 0 amide bonds. The van der Waals surface area contributed by atoms with Crippen LogP contribution in [0.25, 0.3) is 0 Å². The second-order valence-electron chi connectivity index (χ2n) is 5.85. The first kappa shape index (κ1) is 14.3. The first-order valence-corrected chi connectivity index (χ1v) is 8.08. The van der Waals surface area contributed by atoms with Crippen LogP contribution in [0, 0.1) is 6.92 Å². The lowest BCUT2D eigenvalue weighted by Gasteiger charge is -2.32. The Morgan fingerprint density at radius 3 is 2.61 bits per heavy atom. The number of fused-ring (bicyclic) bond motifs is 1. The van der Waals surface area contributed by atoms with Gasteiger partial charge in [-0.05, 0) is 36.1 Å². The number of hydrogen-bond acceptors (Lipinski definition) is 3. The largest absolute Gasteiger partial charge is 0.347 e. The average Bonchev–Trinajstić information content (AvgIpc) is 3.03. The minimum absolute atomic E-state index is 0.116. The molecular weight excluding hydrogens is 308 g/mol. The summed E-state index contributed by atoms with van der Waals surface area (Å²) in [5, 5.41) is 8.65. The lowest BCUT2D eigenvalue weighted by atomic mass is 9.91. The van der Waals surface area contributed by atoms with Crippen LogP contribution in [-0.4, -0.2) is 14.8 Å². The molecular formula is C18H17ClN4. The maximum Gasteiger partial charge on any atom is 0.222 e. The van der Waals surface area contributed by atoms with Crippen molar-refractivity contribution < 1.29 is 0 Å². The number of aryl methyl sites for hydroxylation is 1. The summed E-state index contributed by atoms with van der Waals surface area (Å²) in [6, 6.07) is 16.7. The van der Waals surface area contributed by atoms with Crippen molar-refractivity contribution in [3.8, 4) is 0 Å². The Bertz CT molecular complexity index is 842. The van der Waals surface area contributed by atoms with E-state index in [9.17, 15) is 0 Å². The van der Waals surface area contributed by atoms with Crippen molar-refractivity contribution in [1.29, 1.82) is 0 Å². The Labute approximate surface area is 140 Å². The van der Waals surface area contributed by atoms with E-state index in [0.29, 0.717) is 0 Å². The summed E-state index contributed by atoms with van der Waals surface area (Å²) >= 11 is 6.40. The predicted molar refractivity (Wildman–Crippen MR) is 91.8 cm³/mol. The molecule has 116 valence electrons. The van der Waals surface area contributed by atoms with E-state index in [1.807, 2.05) is 22.9 Å². The van der Waals surface area contributed by atoms with Gasteiger partial charge >= 0.3 is 0 Å². The van der Waals surface area contributed by atoms with Crippen LogP contribution < -0.4 is 5.32 Å². The van der Waals surface area contributed by atoms with E-state index < -0.39 is 0 Å². The van der Waals surface area contributed by atoms with Gasteiger partial charge in [-0.25, -0.2) is 4.68 Å². The number of anilines is 1. The highest BCUT2D eigenvalue weighted by atomic mass is 35.5. The molecule has 0 saturated carbocycles. The molecule has 5 heteroatoms. The minimum Gasteiger partial charge on any atom is -0.347 e. The number of benzene rings is 2. The molecule has 0 bridgehead atoms. The standard InChI is InChI=1S/C18H17ClN4/c1-12-6-2-3-7-13(12)17-10-16(14-8-4-5-9-15(14)19)22-18-20-11-21-23(17)18/h2-9,11,16-17H,10H2,1H3,(H,20,21,22)/t16-,17+/m0/s1. The third kappa shape index (κ3) is 2.49. The summed E-state index contributed by atoms with van der Waals surface area (Å²) < 4.78 is 1.97. The highest BCUT2D eigenvalue weighted by molar-refractivity contribution is 6.31. The average molecular weight is 325 g/mol. The molecule has 4 nitrogen and oxygen atoms in total. The quantitative estimate of drug-likeness (QED) is 0.760. The number of nitrogens with zero attached hydrogens (tertiary/aromatic N) is 3. The maximum absolute atomic E-state index is 6.40. The van der Waals surface area contributed by atoms with E-state index in [0.717, 1.165) is 23.0 Å². The number of aromatic nitrogens is 3. The molecule has 1 aromatic heterocycles. The normalized spacial score (nSPS) is 19.9. The lowest BCUT2D eigenvalue weighted by Crippen LogP contribution is -2.28. The lowest BCUT2D eigenvalue weighted by molar-refractivity contribution is 0.429. The Balaban J connectivity index is 1.79. The predicted octanol–water partition coefficient (Wildman–Crippen LogP) is 4.39. The first-order chi connectivity index (χ1) is 11.2. The highest BCUT2D eigenvalue weighted by Gasteiger charge is 2.31. The van der Waals surface area contributed by atoms with Gasteiger partial charge in [-0.1, -0.05) is 54.1 Å². The van der Waals surface area contributed by atoms with E-state index in [-0.39, 0.29) is 12.1 Å². The van der Waals surface area contributed by atoms with Crippen molar-refractivity contribution in [3.05, 3.63) is 76.6 Å². The van der Waals surface area contributed by atoms with E-state index in [2.05, 4.69) is 52.7 Å². The van der Waals surface area contributed by atoms with Crippen LogP contribution in [0.15, 0.2) is 54.9 Å². The second-order valence-corrected chi connectivity index (χ2v) is 6.26. The van der Waals surface area contributed by atoms with Crippen molar-refractivity contribution in [1.82, 2.24) is 14.8 Å². The van der Waals surface area contributed by atoms with Gasteiger partial charge in [-0.3, -0.25) is 0 Å². The van der Waals surface area contributed by atoms with E-state index in [1.54, 1.807) is 6.33 Å². The van der Waals surface area contributed by atoms with Crippen molar-refractivity contribution in [2.45, 2.75) is 25.4 Å². The van der Waals surface area contributed by atoms with Gasteiger partial charge in [-0.2, -0.15) is 10.1 Å². The molecule has 3 aromatic rings. The topological polar surface area (TPSA) is 42.7 Å². The molecule has 0 aliphatic carbocycles. The fourth-order valence-electron chi connectivity index (χ4n) is 3.30. The van der Waals surface area contributed by atoms with Crippen LogP contribution >= 0.6 is 11.6 Å². The second kappa shape index (κ2) is 5.70. The highest BCUT2D eigenvalue weighted by Crippen LogP contribution is 2.39. The summed E-state index contributed by atoms with van der Waals surface area (Å²) in [5.74, 6) is 0.787. The van der Waals surface area contributed by atoms with Crippen LogP contribution in [0.2, 0.25) is 5.02 Å². The van der Waals surface area contributed by atoms with Crippen LogP contribution in [0.4, 0.5) is 5.95 Å². The van der Waals surface area contributed by atoms with Gasteiger partial charge in [0, 0.05) is 5.02 Å². The van der Waals surface area contributed by atoms with Crippen molar-refractivity contribution >= 4 is 17.5 Å². The molecule has 2 atom stereocenters. The molecule has 2 aromatic carbocycles. The Morgan fingerprint density at radius 1 is 1.09 bits per heavy atom. The number of halogens is 1. The van der Waals surface area contributed by atoms with Crippen LogP contribution in [0.1, 0.15) is 35.2 Å². The van der Waals surface area contributed by atoms with Gasteiger partial charge < -0.3 is 5.32 Å². The summed E-state index contributed by atoms with van der Waals surface area (Å²) in [6.07, 6.45) is 2.48. The fourth-order valence-corrected chi connectivity index (χ4v) is 3.57. The van der Waals surface area contributed by atoms with Crippen molar-refractivity contribution in [3.63, 3.8) is 0 Å². The Hall–Kier alpha value is -2.33. The summed E-state index contributed by atoms with van der Waals surface area (Å²) in [7, 11) is 0. The molecule has 1 N–H and O–H groups in total. The molecule has 0 unspecified atom stereocenters. The Kier molecular flexibility index (Phi) is 3.54. The molecule has 2 heterocycles. The third-order valence-corrected chi connectivity index (χ3v) is 4.80. The Morgan fingerprint density at radius 2 is 1.83 bits per heavy atom. The molecule has 23 heavy (non-hydrogen) atoms. The zero-order chi connectivity index (χ0) is 15.8. The summed E-state index contributed by atoms with van der Waals surface area (Å²) in [5.41, 5.74) is 3.64. The summed E-state index contributed by atoms with van der Waals surface area (Å²) in [6.45, 7) is 2.14. The smallest absolute Gasteiger partial charge is 0.222 e. The molecule has 4 rings (SSSR count). The SMILES string of the molecule is Cc1ccccc1[C@H]1C[C@@H](c2ccccc2Cl)Nc2ncnn21. The van der Waals surface area contributed by atoms with Gasteiger partial charge in [0.1, 0.15) is 6.33 Å². The van der Waals surface area contributed by atoms with E-state index in [4.69, 9.17) is 11.6 Å². The first-order valence-electron chi connectivity index (χ1n) is 7.70. The molecule has 0 spiro atoms. The number of rotatable bonds is 2. The van der Waals surface area contributed by atoms with Gasteiger partial charge in [0.2, 0.25) is 5.95 Å². The van der Waals surface area contributed by atoms with Crippen LogP contribution in [0.5, 0.6) is 0 Å². The molecule has 1 aliphatic rings. The molecule has 0 radical (unpaired) electrons. The van der Waals surface area contributed by atoms with Gasteiger partial charge in [0.15, 0.2) is 0 Å². The third-order valence-electron chi connectivity index (χ3n) is 4.46. The molecule has 0 saturated heterocycles. The van der Waals surface area contributed by atoms with Gasteiger partial charge in [-0.15, -0.1) is 0 Å². The number of nitrogens with one attached hydrogen (secondary N) is 1.